The highest BCUT2D eigenvalue weighted by Crippen LogP contribution is 2.29. The third-order valence-corrected chi connectivity index (χ3v) is 6.53. The van der Waals surface area contributed by atoms with Crippen molar-refractivity contribution in [2.75, 3.05) is 20.2 Å². The fourth-order valence-electron chi connectivity index (χ4n) is 3.10. The van der Waals surface area contributed by atoms with Crippen molar-refractivity contribution in [3.8, 4) is 16.3 Å². The largest absolute Gasteiger partial charge is 0.497 e. The van der Waals surface area contributed by atoms with Crippen molar-refractivity contribution >= 4 is 29.0 Å². The van der Waals surface area contributed by atoms with E-state index in [0.29, 0.717) is 5.56 Å². The molecule has 0 spiro atoms. The lowest BCUT2D eigenvalue weighted by Crippen LogP contribution is -2.27. The van der Waals surface area contributed by atoms with E-state index in [-0.39, 0.29) is 5.91 Å². The Morgan fingerprint density at radius 3 is 2.86 bits per heavy atom. The number of hydrogen-bond acceptors (Lipinski definition) is 6. The summed E-state index contributed by atoms with van der Waals surface area (Å²) in [6.07, 6.45) is 3.88. The number of amides is 1. The van der Waals surface area contributed by atoms with Crippen LogP contribution in [0.5, 0.6) is 5.75 Å². The molecule has 0 aliphatic carbocycles. The Balaban J connectivity index is 1.37. The molecule has 1 aromatic carbocycles. The number of carbonyl (C=O) groups is 1. The van der Waals surface area contributed by atoms with Crippen LogP contribution in [0.4, 0.5) is 0 Å². The summed E-state index contributed by atoms with van der Waals surface area (Å²) < 4.78 is 5.28. The second-order valence-electron chi connectivity index (χ2n) is 6.55. The molecule has 0 saturated carbocycles. The Hall–Kier alpha value is -2.38. The van der Waals surface area contributed by atoms with Gasteiger partial charge in [-0.1, -0.05) is 12.1 Å². The molecule has 7 heteroatoms. The Morgan fingerprint density at radius 2 is 2.11 bits per heavy atom. The summed E-state index contributed by atoms with van der Waals surface area (Å²) in [5.41, 5.74) is 2.75. The van der Waals surface area contributed by atoms with E-state index in [0.717, 1.165) is 58.7 Å². The normalized spacial score (nSPS) is 13.7. The number of thioether (sulfide) groups is 1. The van der Waals surface area contributed by atoms with E-state index < -0.39 is 0 Å². The molecule has 144 valence electrons. The fourth-order valence-corrected chi connectivity index (χ4v) is 4.76. The van der Waals surface area contributed by atoms with Gasteiger partial charge in [-0.25, -0.2) is 9.97 Å². The summed E-state index contributed by atoms with van der Waals surface area (Å²) in [6, 6.07) is 11.7. The maximum absolute atomic E-state index is 12.4. The number of methoxy groups -OCH3 is 1. The molecule has 1 aliphatic rings. The monoisotopic (exact) mass is 411 g/mol. The topological polar surface area (TPSA) is 55.3 Å². The van der Waals surface area contributed by atoms with E-state index in [1.165, 1.54) is 0 Å². The van der Waals surface area contributed by atoms with Crippen molar-refractivity contribution in [2.24, 2.45) is 0 Å². The molecular formula is C21H21N3O2S2. The van der Waals surface area contributed by atoms with Crippen LogP contribution in [-0.2, 0) is 5.75 Å². The number of nitrogens with zero attached hydrogens (tertiary/aromatic N) is 3. The van der Waals surface area contributed by atoms with Crippen LogP contribution in [-0.4, -0.2) is 41.0 Å². The van der Waals surface area contributed by atoms with Crippen LogP contribution in [0.1, 0.15) is 28.9 Å². The first-order chi connectivity index (χ1) is 13.7. The standard InChI is InChI=1S/C21H21N3O2S2/c1-26-18-6-4-5-15(11-18)20-23-17(14-28-20)13-27-19-8-7-16(12-22-19)21(25)24-9-2-3-10-24/h4-8,11-12,14H,2-3,9-10,13H2,1H3. The van der Waals surface area contributed by atoms with Crippen LogP contribution in [0.3, 0.4) is 0 Å². The lowest BCUT2D eigenvalue weighted by atomic mass is 10.2. The van der Waals surface area contributed by atoms with Crippen molar-refractivity contribution in [3.05, 3.63) is 59.2 Å². The van der Waals surface area contributed by atoms with Gasteiger partial charge in [0.1, 0.15) is 10.8 Å². The Morgan fingerprint density at radius 1 is 1.25 bits per heavy atom. The van der Waals surface area contributed by atoms with Gasteiger partial charge >= 0.3 is 0 Å². The highest BCUT2D eigenvalue weighted by atomic mass is 32.2. The molecule has 1 aliphatic heterocycles. The van der Waals surface area contributed by atoms with Gasteiger partial charge in [0.15, 0.2) is 0 Å². The van der Waals surface area contributed by atoms with Gasteiger partial charge in [-0.2, -0.15) is 0 Å². The van der Waals surface area contributed by atoms with Crippen LogP contribution < -0.4 is 4.74 Å². The van der Waals surface area contributed by atoms with Crippen LogP contribution in [0, 0.1) is 0 Å². The van der Waals surface area contributed by atoms with Gasteiger partial charge in [0, 0.05) is 36.0 Å². The first kappa shape index (κ1) is 19.0. The lowest BCUT2D eigenvalue weighted by molar-refractivity contribution is 0.0792. The number of pyridine rings is 1. The first-order valence-corrected chi connectivity index (χ1v) is 11.1. The van der Waals surface area contributed by atoms with Gasteiger partial charge in [-0.3, -0.25) is 4.79 Å². The third-order valence-electron chi connectivity index (χ3n) is 4.61. The zero-order valence-corrected chi connectivity index (χ0v) is 17.3. The van der Waals surface area contributed by atoms with E-state index in [2.05, 4.69) is 10.4 Å². The second kappa shape index (κ2) is 8.75. The molecule has 28 heavy (non-hydrogen) atoms. The van der Waals surface area contributed by atoms with Gasteiger partial charge in [0.05, 0.1) is 23.4 Å². The van der Waals surface area contributed by atoms with Crippen molar-refractivity contribution in [3.63, 3.8) is 0 Å². The fraction of sp³-hybridized carbons (Fsp3) is 0.286. The lowest BCUT2D eigenvalue weighted by Gasteiger charge is -2.14. The number of hydrogen-bond donors (Lipinski definition) is 0. The average Bonchev–Trinajstić information content (AvgIpc) is 3.44. The van der Waals surface area contributed by atoms with Crippen molar-refractivity contribution in [1.82, 2.24) is 14.9 Å². The van der Waals surface area contributed by atoms with Crippen LogP contribution in [0.15, 0.2) is 53.0 Å². The molecule has 1 amide bonds. The third kappa shape index (κ3) is 4.36. The van der Waals surface area contributed by atoms with Crippen LogP contribution in [0.2, 0.25) is 0 Å². The van der Waals surface area contributed by atoms with Gasteiger partial charge in [0.25, 0.3) is 5.91 Å². The highest BCUT2D eigenvalue weighted by Gasteiger charge is 2.19. The summed E-state index contributed by atoms with van der Waals surface area (Å²) >= 11 is 3.25. The summed E-state index contributed by atoms with van der Waals surface area (Å²) in [6.45, 7) is 1.71. The molecule has 1 saturated heterocycles. The zero-order chi connectivity index (χ0) is 19.3. The summed E-state index contributed by atoms with van der Waals surface area (Å²) in [4.78, 5) is 23.5. The average molecular weight is 412 g/mol. The highest BCUT2D eigenvalue weighted by molar-refractivity contribution is 7.98. The molecule has 4 rings (SSSR count). The Kier molecular flexibility index (Phi) is 5.92. The van der Waals surface area contributed by atoms with Crippen LogP contribution >= 0.6 is 23.1 Å². The summed E-state index contributed by atoms with van der Waals surface area (Å²) in [5.74, 6) is 1.66. The molecule has 1 fully saturated rings. The van der Waals surface area contributed by atoms with E-state index in [9.17, 15) is 4.79 Å². The number of ether oxygens (including phenoxy) is 1. The van der Waals surface area contributed by atoms with E-state index in [1.807, 2.05) is 41.3 Å². The van der Waals surface area contributed by atoms with Gasteiger partial charge < -0.3 is 9.64 Å². The maximum atomic E-state index is 12.4. The predicted molar refractivity (Wildman–Crippen MR) is 113 cm³/mol. The number of benzene rings is 1. The van der Waals surface area contributed by atoms with E-state index >= 15 is 0 Å². The number of carbonyl (C=O) groups excluding carboxylic acids is 1. The molecule has 0 bridgehead atoms. The minimum Gasteiger partial charge on any atom is -0.497 e. The van der Waals surface area contributed by atoms with Gasteiger partial charge in [-0.05, 0) is 37.1 Å². The Bertz CT molecular complexity index is 950. The molecule has 0 radical (unpaired) electrons. The molecule has 5 nitrogen and oxygen atoms in total. The molecule has 0 unspecified atom stereocenters. The smallest absolute Gasteiger partial charge is 0.255 e. The molecule has 2 aromatic heterocycles. The number of rotatable bonds is 6. The summed E-state index contributed by atoms with van der Waals surface area (Å²) in [5, 5.41) is 3.95. The molecule has 0 N–H and O–H groups in total. The molecular weight excluding hydrogens is 390 g/mol. The van der Waals surface area contributed by atoms with E-state index in [4.69, 9.17) is 9.72 Å². The van der Waals surface area contributed by atoms with E-state index in [1.54, 1.807) is 36.4 Å². The molecule has 3 aromatic rings. The van der Waals surface area contributed by atoms with Crippen molar-refractivity contribution in [2.45, 2.75) is 23.6 Å². The van der Waals surface area contributed by atoms with Gasteiger partial charge in [-0.15, -0.1) is 23.1 Å². The Labute approximate surface area is 172 Å². The van der Waals surface area contributed by atoms with Crippen molar-refractivity contribution in [1.29, 1.82) is 0 Å². The summed E-state index contributed by atoms with van der Waals surface area (Å²) in [7, 11) is 1.67. The SMILES string of the molecule is COc1cccc(-c2nc(CSc3ccc(C(=O)N4CCCC4)cn3)cs2)c1. The molecule has 3 heterocycles. The van der Waals surface area contributed by atoms with Crippen molar-refractivity contribution < 1.29 is 9.53 Å². The first-order valence-electron chi connectivity index (χ1n) is 9.20. The number of likely N-dealkylation sites (tertiary alicyclic amines) is 1. The zero-order valence-electron chi connectivity index (χ0n) is 15.6. The van der Waals surface area contributed by atoms with Crippen LogP contribution in [0.25, 0.3) is 10.6 Å². The second-order valence-corrected chi connectivity index (χ2v) is 8.40. The minimum atomic E-state index is 0.0870. The maximum Gasteiger partial charge on any atom is 0.255 e. The number of thiazole rings is 1. The quantitative estimate of drug-likeness (QED) is 0.548. The molecule has 0 atom stereocenters. The minimum absolute atomic E-state index is 0.0870. The van der Waals surface area contributed by atoms with Gasteiger partial charge in [0.2, 0.25) is 0 Å². The number of aromatic nitrogens is 2. The predicted octanol–water partition coefficient (Wildman–Crippen LogP) is 4.74.